The summed E-state index contributed by atoms with van der Waals surface area (Å²) in [5, 5.41) is 12.8. The lowest BCUT2D eigenvalue weighted by molar-refractivity contribution is -0.122. The number of aliphatic hydroxyl groups is 1. The lowest BCUT2D eigenvalue weighted by Gasteiger charge is -2.23. The summed E-state index contributed by atoms with van der Waals surface area (Å²) in [4.78, 5) is 24.8. The molecule has 6 nitrogen and oxygen atoms in total. The Morgan fingerprint density at radius 1 is 1.35 bits per heavy atom. The van der Waals surface area contributed by atoms with Crippen molar-refractivity contribution >= 4 is 11.7 Å². The quantitative estimate of drug-likeness (QED) is 0.630. The Morgan fingerprint density at radius 2 is 2.09 bits per heavy atom. The molecule has 0 heterocycles. The molecule has 0 saturated carbocycles. The predicted molar refractivity (Wildman–Crippen MR) is 88.7 cm³/mol. The van der Waals surface area contributed by atoms with Crippen molar-refractivity contribution in [3.8, 4) is 5.75 Å². The van der Waals surface area contributed by atoms with Gasteiger partial charge in [-0.1, -0.05) is 19.1 Å². The lowest BCUT2D eigenvalue weighted by Crippen LogP contribution is -2.42. The molecule has 1 atom stereocenters. The minimum Gasteiger partial charge on any atom is -0.491 e. The van der Waals surface area contributed by atoms with Crippen molar-refractivity contribution in [2.24, 2.45) is 0 Å². The van der Waals surface area contributed by atoms with Gasteiger partial charge in [-0.15, -0.1) is 0 Å². The first-order valence-corrected chi connectivity index (χ1v) is 7.87. The molecule has 6 heteroatoms. The average molecular weight is 322 g/mol. The summed E-state index contributed by atoms with van der Waals surface area (Å²) in [5.74, 6) is 0.454. The minimum absolute atomic E-state index is 0.0323. The Hall–Kier alpha value is -1.92. The highest BCUT2D eigenvalue weighted by molar-refractivity contribution is 5.94. The fourth-order valence-corrected chi connectivity index (χ4v) is 2.11. The molecule has 0 aliphatic heterocycles. The Bertz CT molecular complexity index is 519. The van der Waals surface area contributed by atoms with E-state index in [1.54, 1.807) is 24.3 Å². The zero-order valence-electron chi connectivity index (χ0n) is 14.0. The van der Waals surface area contributed by atoms with Crippen LogP contribution in [0, 0.1) is 0 Å². The van der Waals surface area contributed by atoms with E-state index in [9.17, 15) is 14.7 Å². The number of ketones is 1. The van der Waals surface area contributed by atoms with Crippen LogP contribution in [-0.2, 0) is 4.79 Å². The maximum absolute atomic E-state index is 11.6. The number of rotatable bonds is 10. The zero-order valence-corrected chi connectivity index (χ0v) is 14.0. The van der Waals surface area contributed by atoms with Crippen LogP contribution in [0.5, 0.6) is 5.75 Å². The van der Waals surface area contributed by atoms with Crippen LogP contribution in [0.2, 0.25) is 0 Å². The van der Waals surface area contributed by atoms with E-state index >= 15 is 0 Å². The lowest BCUT2D eigenvalue weighted by atomic mass is 10.1. The van der Waals surface area contributed by atoms with E-state index in [2.05, 4.69) is 5.32 Å². The van der Waals surface area contributed by atoms with E-state index in [0.29, 0.717) is 30.9 Å². The smallest absolute Gasteiger partial charge is 0.234 e. The number of ether oxygens (including phenoxy) is 1. The zero-order chi connectivity index (χ0) is 17.2. The minimum atomic E-state index is -0.717. The number of likely N-dealkylation sites (N-methyl/N-ethyl adjacent to an activating group) is 2. The molecule has 128 valence electrons. The maximum Gasteiger partial charge on any atom is 0.234 e. The molecule has 0 saturated heterocycles. The Balaban J connectivity index is 2.46. The van der Waals surface area contributed by atoms with Crippen LogP contribution in [0.3, 0.4) is 0 Å². The Morgan fingerprint density at radius 3 is 2.70 bits per heavy atom. The molecule has 1 amide bonds. The molecule has 0 aromatic heterocycles. The molecule has 0 fully saturated rings. The number of aliphatic hydroxyl groups excluding tert-OH is 1. The molecular formula is C17H26N2O4. The van der Waals surface area contributed by atoms with Gasteiger partial charge in [0.25, 0.3) is 0 Å². The van der Waals surface area contributed by atoms with Gasteiger partial charge < -0.3 is 15.2 Å². The molecule has 1 aromatic carbocycles. The van der Waals surface area contributed by atoms with Crippen molar-refractivity contribution in [3.05, 3.63) is 29.8 Å². The first-order chi connectivity index (χ1) is 11.0. The molecule has 0 aliphatic carbocycles. The summed E-state index contributed by atoms with van der Waals surface area (Å²) in [7, 11) is 0. The molecule has 0 radical (unpaired) electrons. The largest absolute Gasteiger partial charge is 0.491 e. The number of Topliss-reactive ketones (excluding diaryl/α,β-unsaturated/α-hetero) is 1. The second-order valence-corrected chi connectivity index (χ2v) is 5.33. The van der Waals surface area contributed by atoms with Crippen LogP contribution in [0.15, 0.2) is 24.3 Å². The normalized spacial score (nSPS) is 12.0. The average Bonchev–Trinajstić information content (AvgIpc) is 2.52. The van der Waals surface area contributed by atoms with Gasteiger partial charge in [0, 0.05) is 18.7 Å². The molecule has 0 spiro atoms. The third kappa shape index (κ3) is 7.25. The van der Waals surface area contributed by atoms with Crippen molar-refractivity contribution in [2.75, 3.05) is 32.8 Å². The molecule has 1 rings (SSSR count). The number of hydrogen-bond donors (Lipinski definition) is 2. The van der Waals surface area contributed by atoms with Crippen LogP contribution < -0.4 is 10.1 Å². The van der Waals surface area contributed by atoms with Crippen LogP contribution in [0.25, 0.3) is 0 Å². The van der Waals surface area contributed by atoms with Crippen LogP contribution in [0.1, 0.15) is 31.1 Å². The maximum atomic E-state index is 11.6. The van der Waals surface area contributed by atoms with E-state index in [0.717, 1.165) is 0 Å². The monoisotopic (exact) mass is 322 g/mol. The standard InChI is InChI=1S/C17H26N2O4/c1-4-18-17(22)11-19(5-2)10-15(21)12-23-16-8-6-7-14(9-16)13(3)20/h6-9,15,21H,4-5,10-12H2,1-3H3,(H,18,22). The van der Waals surface area contributed by atoms with Crippen LogP contribution >= 0.6 is 0 Å². The van der Waals surface area contributed by atoms with Crippen molar-refractivity contribution in [1.82, 2.24) is 10.2 Å². The van der Waals surface area contributed by atoms with E-state index in [1.807, 2.05) is 18.7 Å². The number of benzene rings is 1. The fraction of sp³-hybridized carbons (Fsp3) is 0.529. The number of carbonyl (C=O) groups is 2. The van der Waals surface area contributed by atoms with Crippen LogP contribution in [-0.4, -0.2) is 60.6 Å². The topological polar surface area (TPSA) is 78.9 Å². The highest BCUT2D eigenvalue weighted by atomic mass is 16.5. The first-order valence-electron chi connectivity index (χ1n) is 7.87. The summed E-state index contributed by atoms with van der Waals surface area (Å²) < 4.78 is 5.53. The predicted octanol–water partition coefficient (Wildman–Crippen LogP) is 1.09. The first kappa shape index (κ1) is 19.1. The molecule has 0 bridgehead atoms. The van der Waals surface area contributed by atoms with Gasteiger partial charge in [-0.2, -0.15) is 0 Å². The number of nitrogens with one attached hydrogen (secondary N) is 1. The summed E-state index contributed by atoms with van der Waals surface area (Å²) in [6.07, 6.45) is -0.717. The molecule has 1 aromatic rings. The Labute approximate surface area is 137 Å². The van der Waals surface area contributed by atoms with Gasteiger partial charge in [0.05, 0.1) is 6.54 Å². The molecule has 0 aliphatic rings. The van der Waals surface area contributed by atoms with E-state index < -0.39 is 6.10 Å². The van der Waals surface area contributed by atoms with Crippen molar-refractivity contribution < 1.29 is 19.4 Å². The summed E-state index contributed by atoms with van der Waals surface area (Å²) in [6.45, 7) is 7.25. The van der Waals surface area contributed by atoms with Crippen molar-refractivity contribution in [3.63, 3.8) is 0 Å². The van der Waals surface area contributed by atoms with E-state index in [1.165, 1.54) is 6.92 Å². The van der Waals surface area contributed by atoms with Gasteiger partial charge in [-0.05, 0) is 32.5 Å². The highest BCUT2D eigenvalue weighted by Gasteiger charge is 2.14. The summed E-state index contributed by atoms with van der Waals surface area (Å²) in [6, 6.07) is 6.86. The number of amides is 1. The van der Waals surface area contributed by atoms with Gasteiger partial charge in [0.1, 0.15) is 18.5 Å². The second kappa shape index (κ2) is 9.97. The highest BCUT2D eigenvalue weighted by Crippen LogP contribution is 2.14. The van der Waals surface area contributed by atoms with Gasteiger partial charge in [0.15, 0.2) is 5.78 Å². The van der Waals surface area contributed by atoms with Gasteiger partial charge in [-0.3, -0.25) is 14.5 Å². The second-order valence-electron chi connectivity index (χ2n) is 5.33. The molecular weight excluding hydrogens is 296 g/mol. The van der Waals surface area contributed by atoms with Crippen molar-refractivity contribution in [1.29, 1.82) is 0 Å². The number of nitrogens with zero attached hydrogens (tertiary/aromatic N) is 1. The van der Waals surface area contributed by atoms with E-state index in [-0.39, 0.29) is 24.8 Å². The van der Waals surface area contributed by atoms with Gasteiger partial charge >= 0.3 is 0 Å². The summed E-state index contributed by atoms with van der Waals surface area (Å²) in [5.41, 5.74) is 0.573. The van der Waals surface area contributed by atoms with Crippen molar-refractivity contribution in [2.45, 2.75) is 26.9 Å². The SMILES string of the molecule is CCNC(=O)CN(CC)CC(O)COc1cccc(C(C)=O)c1. The van der Waals surface area contributed by atoms with Crippen LogP contribution in [0.4, 0.5) is 0 Å². The molecule has 1 unspecified atom stereocenters. The van der Waals surface area contributed by atoms with E-state index in [4.69, 9.17) is 4.74 Å². The third-order valence-corrected chi connectivity index (χ3v) is 3.34. The number of hydrogen-bond acceptors (Lipinski definition) is 5. The Kier molecular flexibility index (Phi) is 8.29. The number of carbonyl (C=O) groups excluding carboxylic acids is 2. The third-order valence-electron chi connectivity index (χ3n) is 3.34. The molecule has 23 heavy (non-hydrogen) atoms. The summed E-state index contributed by atoms with van der Waals surface area (Å²) >= 11 is 0. The fourth-order valence-electron chi connectivity index (χ4n) is 2.11. The molecule has 2 N–H and O–H groups in total. The van der Waals surface area contributed by atoms with Gasteiger partial charge in [0.2, 0.25) is 5.91 Å². The van der Waals surface area contributed by atoms with Gasteiger partial charge in [-0.25, -0.2) is 0 Å².